The van der Waals surface area contributed by atoms with Gasteiger partial charge < -0.3 is 15.5 Å². The second-order valence-electron chi connectivity index (χ2n) is 6.30. The molecule has 1 aromatic carbocycles. The zero-order chi connectivity index (χ0) is 15.3. The van der Waals surface area contributed by atoms with Crippen molar-refractivity contribution in [3.05, 3.63) is 35.4 Å². The van der Waals surface area contributed by atoms with Gasteiger partial charge in [0.2, 0.25) is 0 Å². The third-order valence-electron chi connectivity index (χ3n) is 4.50. The number of carboxylic acids is 1. The number of carbonyl (C=O) groups is 1. The molecule has 1 fully saturated rings. The van der Waals surface area contributed by atoms with Crippen LogP contribution in [0.2, 0.25) is 0 Å². The molecule has 0 spiro atoms. The van der Waals surface area contributed by atoms with Gasteiger partial charge in [-0.3, -0.25) is 0 Å². The summed E-state index contributed by atoms with van der Waals surface area (Å²) in [6.07, 6.45) is 5.95. The van der Waals surface area contributed by atoms with Crippen LogP contribution in [0.1, 0.15) is 54.9 Å². The molecule has 0 heterocycles. The Morgan fingerprint density at radius 2 is 1.86 bits per heavy atom. The van der Waals surface area contributed by atoms with Crippen LogP contribution < -0.4 is 5.32 Å². The fourth-order valence-electron chi connectivity index (χ4n) is 3.09. The highest BCUT2D eigenvalue weighted by Crippen LogP contribution is 2.32. The summed E-state index contributed by atoms with van der Waals surface area (Å²) in [5, 5.41) is 22.7. The Morgan fingerprint density at radius 1 is 1.24 bits per heavy atom. The number of carboxylic acid groups (broad SMARTS) is 1. The van der Waals surface area contributed by atoms with E-state index in [1.165, 1.54) is 19.3 Å². The highest BCUT2D eigenvalue weighted by Gasteiger charge is 2.32. The van der Waals surface area contributed by atoms with E-state index in [0.29, 0.717) is 24.6 Å². The smallest absolute Gasteiger partial charge is 0.335 e. The molecule has 1 unspecified atom stereocenters. The zero-order valence-electron chi connectivity index (χ0n) is 12.6. The van der Waals surface area contributed by atoms with Crippen LogP contribution in [0.15, 0.2) is 24.3 Å². The molecule has 4 heteroatoms. The Balaban J connectivity index is 1.81. The molecule has 4 nitrogen and oxygen atoms in total. The van der Waals surface area contributed by atoms with Gasteiger partial charge in [0.1, 0.15) is 0 Å². The molecular formula is C17H25NO3. The SMILES string of the molecule is CC(O)(CNCc1ccc(C(=O)O)cc1)C1CCCCC1. The predicted octanol–water partition coefficient (Wildman–Crippen LogP) is 2.81. The summed E-state index contributed by atoms with van der Waals surface area (Å²) in [5.41, 5.74) is 0.661. The van der Waals surface area contributed by atoms with Gasteiger partial charge in [-0.2, -0.15) is 0 Å². The summed E-state index contributed by atoms with van der Waals surface area (Å²) in [4.78, 5) is 10.8. The van der Waals surface area contributed by atoms with Gasteiger partial charge in [-0.05, 0) is 43.4 Å². The molecule has 1 aromatic rings. The van der Waals surface area contributed by atoms with E-state index in [0.717, 1.165) is 18.4 Å². The van der Waals surface area contributed by atoms with E-state index in [2.05, 4.69) is 5.32 Å². The zero-order valence-corrected chi connectivity index (χ0v) is 12.6. The molecule has 0 saturated heterocycles. The van der Waals surface area contributed by atoms with Crippen LogP contribution in [0.4, 0.5) is 0 Å². The molecule has 1 aliphatic rings. The van der Waals surface area contributed by atoms with Gasteiger partial charge in [0.15, 0.2) is 0 Å². The minimum absolute atomic E-state index is 0.299. The highest BCUT2D eigenvalue weighted by atomic mass is 16.4. The largest absolute Gasteiger partial charge is 0.478 e. The van der Waals surface area contributed by atoms with Crippen molar-refractivity contribution in [2.75, 3.05) is 6.54 Å². The minimum atomic E-state index is -0.908. The van der Waals surface area contributed by atoms with Crippen LogP contribution in [-0.2, 0) is 6.54 Å². The van der Waals surface area contributed by atoms with Crippen molar-refractivity contribution < 1.29 is 15.0 Å². The first kappa shape index (κ1) is 16.0. The van der Waals surface area contributed by atoms with Crippen molar-refractivity contribution in [2.24, 2.45) is 5.92 Å². The predicted molar refractivity (Wildman–Crippen MR) is 82.3 cm³/mol. The maximum Gasteiger partial charge on any atom is 0.335 e. The molecule has 0 aliphatic heterocycles. The molecule has 1 atom stereocenters. The second-order valence-corrected chi connectivity index (χ2v) is 6.30. The van der Waals surface area contributed by atoms with E-state index in [1.807, 2.05) is 19.1 Å². The topological polar surface area (TPSA) is 69.6 Å². The Labute approximate surface area is 126 Å². The highest BCUT2D eigenvalue weighted by molar-refractivity contribution is 5.87. The fraction of sp³-hybridized carbons (Fsp3) is 0.588. The fourth-order valence-corrected chi connectivity index (χ4v) is 3.09. The van der Waals surface area contributed by atoms with Crippen LogP contribution in [0, 0.1) is 5.92 Å². The summed E-state index contributed by atoms with van der Waals surface area (Å²) in [6.45, 7) is 3.13. The Bertz CT molecular complexity index is 461. The summed E-state index contributed by atoms with van der Waals surface area (Å²) >= 11 is 0. The molecule has 0 bridgehead atoms. The molecule has 0 aromatic heterocycles. The maximum atomic E-state index is 10.8. The summed E-state index contributed by atoms with van der Waals surface area (Å²) < 4.78 is 0. The van der Waals surface area contributed by atoms with E-state index in [4.69, 9.17) is 5.11 Å². The maximum absolute atomic E-state index is 10.8. The molecule has 3 N–H and O–H groups in total. The van der Waals surface area contributed by atoms with E-state index in [-0.39, 0.29) is 0 Å². The lowest BCUT2D eigenvalue weighted by molar-refractivity contribution is -0.0154. The van der Waals surface area contributed by atoms with Gasteiger partial charge in [0.05, 0.1) is 11.2 Å². The number of nitrogens with one attached hydrogen (secondary N) is 1. The van der Waals surface area contributed by atoms with Crippen LogP contribution in [0.3, 0.4) is 0 Å². The molecule has 1 aliphatic carbocycles. The Kier molecular flexibility index (Phi) is 5.37. The van der Waals surface area contributed by atoms with Crippen molar-refractivity contribution in [1.29, 1.82) is 0 Å². The number of hydrogen-bond donors (Lipinski definition) is 3. The normalized spacial score (nSPS) is 19.1. The lowest BCUT2D eigenvalue weighted by atomic mass is 9.78. The summed E-state index contributed by atoms with van der Waals surface area (Å²) in [7, 11) is 0. The van der Waals surface area contributed by atoms with Crippen LogP contribution in [0.5, 0.6) is 0 Å². The minimum Gasteiger partial charge on any atom is -0.478 e. The number of rotatable bonds is 6. The number of aromatic carboxylic acids is 1. The van der Waals surface area contributed by atoms with Crippen LogP contribution in [0.25, 0.3) is 0 Å². The first-order chi connectivity index (χ1) is 9.99. The van der Waals surface area contributed by atoms with E-state index >= 15 is 0 Å². The average molecular weight is 291 g/mol. The first-order valence-electron chi connectivity index (χ1n) is 7.74. The van der Waals surface area contributed by atoms with Gasteiger partial charge in [-0.25, -0.2) is 4.79 Å². The lowest BCUT2D eigenvalue weighted by Gasteiger charge is -2.35. The number of aliphatic hydroxyl groups is 1. The molecular weight excluding hydrogens is 266 g/mol. The number of hydrogen-bond acceptors (Lipinski definition) is 3. The summed E-state index contributed by atoms with van der Waals surface area (Å²) in [5.74, 6) is -0.525. The summed E-state index contributed by atoms with van der Waals surface area (Å²) in [6, 6.07) is 6.84. The lowest BCUT2D eigenvalue weighted by Crippen LogP contribution is -2.44. The third kappa shape index (κ3) is 4.55. The van der Waals surface area contributed by atoms with E-state index in [9.17, 15) is 9.90 Å². The van der Waals surface area contributed by atoms with Crippen LogP contribution >= 0.6 is 0 Å². The first-order valence-corrected chi connectivity index (χ1v) is 7.74. The van der Waals surface area contributed by atoms with Gasteiger partial charge in [-0.15, -0.1) is 0 Å². The number of benzene rings is 1. The van der Waals surface area contributed by atoms with E-state index < -0.39 is 11.6 Å². The van der Waals surface area contributed by atoms with Crippen molar-refractivity contribution in [2.45, 2.75) is 51.2 Å². The van der Waals surface area contributed by atoms with E-state index in [1.54, 1.807) is 12.1 Å². The van der Waals surface area contributed by atoms with Gasteiger partial charge in [0.25, 0.3) is 0 Å². The van der Waals surface area contributed by atoms with Crippen molar-refractivity contribution in [3.63, 3.8) is 0 Å². The second kappa shape index (κ2) is 7.05. The van der Waals surface area contributed by atoms with Gasteiger partial charge >= 0.3 is 5.97 Å². The molecule has 116 valence electrons. The molecule has 2 rings (SSSR count). The molecule has 1 saturated carbocycles. The Morgan fingerprint density at radius 3 is 2.43 bits per heavy atom. The van der Waals surface area contributed by atoms with Crippen LogP contribution in [-0.4, -0.2) is 28.3 Å². The monoisotopic (exact) mass is 291 g/mol. The van der Waals surface area contributed by atoms with Crippen molar-refractivity contribution in [3.8, 4) is 0 Å². The van der Waals surface area contributed by atoms with Crippen molar-refractivity contribution >= 4 is 5.97 Å². The Hall–Kier alpha value is -1.39. The van der Waals surface area contributed by atoms with Gasteiger partial charge in [0, 0.05) is 13.1 Å². The molecule has 0 radical (unpaired) electrons. The van der Waals surface area contributed by atoms with Gasteiger partial charge in [-0.1, -0.05) is 31.4 Å². The quantitative estimate of drug-likeness (QED) is 0.754. The standard InChI is InChI=1S/C17H25NO3/c1-17(21,15-5-3-2-4-6-15)12-18-11-13-7-9-14(10-8-13)16(19)20/h7-10,15,18,21H,2-6,11-12H2,1H3,(H,19,20). The molecule has 0 amide bonds. The third-order valence-corrected chi connectivity index (χ3v) is 4.50. The molecule has 21 heavy (non-hydrogen) atoms. The average Bonchev–Trinajstić information content (AvgIpc) is 2.48. The van der Waals surface area contributed by atoms with Crippen molar-refractivity contribution in [1.82, 2.24) is 5.32 Å².